The van der Waals surface area contributed by atoms with Crippen LogP contribution in [0.25, 0.3) is 5.65 Å². The molecule has 0 unspecified atom stereocenters. The van der Waals surface area contributed by atoms with Gasteiger partial charge in [-0.1, -0.05) is 11.6 Å². The van der Waals surface area contributed by atoms with Crippen LogP contribution in [0.1, 0.15) is 46.5 Å². The molecule has 3 aromatic rings. The normalized spacial score (nSPS) is 18.5. The Morgan fingerprint density at radius 3 is 2.74 bits per heavy atom. The number of hydrogen-bond donors (Lipinski definition) is 2. The van der Waals surface area contributed by atoms with Gasteiger partial charge in [0.1, 0.15) is 11.7 Å². The number of primary amides is 1. The molecule has 11 heteroatoms. The molecule has 162 valence electrons. The van der Waals surface area contributed by atoms with E-state index >= 15 is 0 Å². The Labute approximate surface area is 182 Å². The third-order valence-electron chi connectivity index (χ3n) is 5.18. The number of carbonyl (C=O) groups is 2. The zero-order chi connectivity index (χ0) is 22.0. The number of halogens is 1. The molecule has 3 N–H and O–H groups in total. The van der Waals surface area contributed by atoms with E-state index in [1.807, 2.05) is 0 Å². The Bertz CT molecular complexity index is 1130. The summed E-state index contributed by atoms with van der Waals surface area (Å²) in [6, 6.07) is 4.73. The topological polar surface area (TPSA) is 134 Å². The maximum absolute atomic E-state index is 12.8. The minimum atomic E-state index is -0.581. The number of rotatable bonds is 6. The van der Waals surface area contributed by atoms with Crippen LogP contribution in [0, 0.1) is 0 Å². The summed E-state index contributed by atoms with van der Waals surface area (Å²) < 4.78 is 12.5. The Hall–Kier alpha value is -3.40. The van der Waals surface area contributed by atoms with Gasteiger partial charge in [-0.05, 0) is 37.8 Å². The first kappa shape index (κ1) is 20.9. The molecule has 0 radical (unpaired) electrons. The van der Waals surface area contributed by atoms with E-state index in [1.54, 1.807) is 18.3 Å². The first-order chi connectivity index (χ1) is 15.0. The smallest absolute Gasteiger partial charge is 0.271 e. The van der Waals surface area contributed by atoms with Gasteiger partial charge in [-0.15, -0.1) is 0 Å². The van der Waals surface area contributed by atoms with Crippen molar-refractivity contribution in [3.8, 4) is 11.6 Å². The summed E-state index contributed by atoms with van der Waals surface area (Å²) in [6.07, 6.45) is 5.71. The number of aromatic nitrogens is 4. The molecule has 10 nitrogen and oxygen atoms in total. The second-order valence-corrected chi connectivity index (χ2v) is 7.59. The van der Waals surface area contributed by atoms with Gasteiger partial charge in [0, 0.05) is 18.3 Å². The van der Waals surface area contributed by atoms with E-state index < -0.39 is 5.91 Å². The predicted octanol–water partition coefficient (Wildman–Crippen LogP) is 2.01. The fourth-order valence-corrected chi connectivity index (χ4v) is 3.81. The van der Waals surface area contributed by atoms with Crippen LogP contribution < -0.4 is 20.5 Å². The molecule has 4 rings (SSSR count). The highest BCUT2D eigenvalue weighted by molar-refractivity contribution is 6.29. The zero-order valence-corrected chi connectivity index (χ0v) is 17.5. The van der Waals surface area contributed by atoms with Crippen molar-refractivity contribution in [2.24, 2.45) is 5.73 Å². The molecule has 31 heavy (non-hydrogen) atoms. The van der Waals surface area contributed by atoms with Crippen molar-refractivity contribution in [2.75, 3.05) is 7.11 Å². The van der Waals surface area contributed by atoms with Crippen LogP contribution in [-0.4, -0.2) is 50.7 Å². The number of nitrogens with two attached hydrogens (primary N) is 1. The lowest BCUT2D eigenvalue weighted by Crippen LogP contribution is -2.40. The van der Waals surface area contributed by atoms with Crippen molar-refractivity contribution >= 4 is 29.1 Å². The van der Waals surface area contributed by atoms with Crippen LogP contribution in [-0.2, 0) is 0 Å². The second kappa shape index (κ2) is 8.76. The number of carbonyl (C=O) groups excluding carboxylic acids is 2. The highest BCUT2D eigenvalue weighted by atomic mass is 35.5. The molecule has 0 saturated heterocycles. The molecule has 1 fully saturated rings. The van der Waals surface area contributed by atoms with Crippen LogP contribution >= 0.6 is 11.6 Å². The van der Waals surface area contributed by atoms with Crippen LogP contribution in [0.2, 0.25) is 5.15 Å². The summed E-state index contributed by atoms with van der Waals surface area (Å²) >= 11 is 6.02. The SMILES string of the molecule is COc1cc(Cl)nn2c(C(=O)NC3CCC(Oc4ncccc4C(N)=O)CC3)cnc12. The van der Waals surface area contributed by atoms with Crippen molar-refractivity contribution in [1.29, 1.82) is 0 Å². The average molecular weight is 445 g/mol. The van der Waals surface area contributed by atoms with Gasteiger partial charge in [-0.2, -0.15) is 5.10 Å². The molecule has 1 aliphatic rings. The van der Waals surface area contributed by atoms with Gasteiger partial charge >= 0.3 is 0 Å². The van der Waals surface area contributed by atoms with Crippen molar-refractivity contribution < 1.29 is 19.1 Å². The van der Waals surface area contributed by atoms with Crippen LogP contribution in [0.15, 0.2) is 30.6 Å². The maximum atomic E-state index is 12.8. The van der Waals surface area contributed by atoms with Crippen LogP contribution in [0.5, 0.6) is 11.6 Å². The number of ether oxygens (including phenoxy) is 2. The summed E-state index contributed by atoms with van der Waals surface area (Å²) in [6.45, 7) is 0. The lowest BCUT2D eigenvalue weighted by molar-refractivity contribution is 0.0875. The predicted molar refractivity (Wildman–Crippen MR) is 111 cm³/mol. The van der Waals surface area contributed by atoms with Gasteiger partial charge in [-0.25, -0.2) is 14.5 Å². The first-order valence-corrected chi connectivity index (χ1v) is 10.1. The molecule has 3 aromatic heterocycles. The minimum Gasteiger partial charge on any atom is -0.493 e. The molecule has 0 spiro atoms. The summed E-state index contributed by atoms with van der Waals surface area (Å²) in [7, 11) is 1.50. The summed E-state index contributed by atoms with van der Waals surface area (Å²) in [5.74, 6) is -0.205. The van der Waals surface area contributed by atoms with Gasteiger partial charge in [0.25, 0.3) is 11.8 Å². The molecule has 0 atom stereocenters. The number of pyridine rings is 1. The quantitative estimate of drug-likeness (QED) is 0.593. The molecule has 0 aromatic carbocycles. The van der Waals surface area contributed by atoms with E-state index in [9.17, 15) is 9.59 Å². The lowest BCUT2D eigenvalue weighted by Gasteiger charge is -2.29. The van der Waals surface area contributed by atoms with Gasteiger partial charge < -0.3 is 20.5 Å². The number of fused-ring (bicyclic) bond motifs is 1. The van der Waals surface area contributed by atoms with Crippen molar-refractivity contribution in [3.63, 3.8) is 0 Å². The standard InChI is InChI=1S/C20H21ClN6O4/c1-30-15-9-16(21)26-27-14(10-24-18(15)27)19(29)25-11-4-6-12(7-5-11)31-20-13(17(22)28)3-2-8-23-20/h2-3,8-12H,4-7H2,1H3,(H2,22,28)(H,25,29). The fraction of sp³-hybridized carbons (Fsp3) is 0.350. The van der Waals surface area contributed by atoms with E-state index in [0.29, 0.717) is 37.1 Å². The first-order valence-electron chi connectivity index (χ1n) is 9.77. The number of methoxy groups -OCH3 is 1. The summed E-state index contributed by atoms with van der Waals surface area (Å²) in [5.41, 5.74) is 6.32. The van der Waals surface area contributed by atoms with E-state index in [-0.39, 0.29) is 40.3 Å². The Morgan fingerprint density at radius 2 is 2.03 bits per heavy atom. The largest absolute Gasteiger partial charge is 0.493 e. The van der Waals surface area contributed by atoms with Crippen molar-refractivity contribution in [1.82, 2.24) is 24.9 Å². The molecule has 2 amide bonds. The average Bonchev–Trinajstić information content (AvgIpc) is 3.18. The van der Waals surface area contributed by atoms with E-state index in [1.165, 1.54) is 23.9 Å². The Balaban J connectivity index is 1.38. The number of imidazole rings is 1. The van der Waals surface area contributed by atoms with Gasteiger partial charge in [0.2, 0.25) is 5.88 Å². The van der Waals surface area contributed by atoms with Gasteiger partial charge in [-0.3, -0.25) is 9.59 Å². The van der Waals surface area contributed by atoms with Crippen molar-refractivity contribution in [2.45, 2.75) is 37.8 Å². The third kappa shape index (κ3) is 4.38. The number of nitrogens with zero attached hydrogens (tertiary/aromatic N) is 4. The molecule has 0 bridgehead atoms. The number of nitrogens with one attached hydrogen (secondary N) is 1. The minimum absolute atomic E-state index is 0.0293. The van der Waals surface area contributed by atoms with Crippen molar-refractivity contribution in [3.05, 3.63) is 47.0 Å². The molecule has 0 aliphatic heterocycles. The Kier molecular flexibility index (Phi) is 5.90. The molecule has 1 aliphatic carbocycles. The second-order valence-electron chi connectivity index (χ2n) is 7.20. The highest BCUT2D eigenvalue weighted by Gasteiger charge is 2.26. The van der Waals surface area contributed by atoms with Gasteiger partial charge in [0.15, 0.2) is 22.2 Å². The monoisotopic (exact) mass is 444 g/mol. The van der Waals surface area contributed by atoms with Gasteiger partial charge in [0.05, 0.1) is 13.3 Å². The molecular formula is C20H21ClN6O4. The van der Waals surface area contributed by atoms with E-state index in [4.69, 9.17) is 26.8 Å². The van der Waals surface area contributed by atoms with Crippen LogP contribution in [0.3, 0.4) is 0 Å². The Morgan fingerprint density at radius 1 is 1.26 bits per heavy atom. The summed E-state index contributed by atoms with van der Waals surface area (Å²) in [5, 5.41) is 7.36. The highest BCUT2D eigenvalue weighted by Crippen LogP contribution is 2.26. The number of amides is 2. The van der Waals surface area contributed by atoms with Crippen LogP contribution in [0.4, 0.5) is 0 Å². The van der Waals surface area contributed by atoms with E-state index in [2.05, 4.69) is 20.4 Å². The zero-order valence-electron chi connectivity index (χ0n) is 16.7. The number of hydrogen-bond acceptors (Lipinski definition) is 7. The fourth-order valence-electron chi connectivity index (χ4n) is 3.63. The van der Waals surface area contributed by atoms with E-state index in [0.717, 1.165) is 0 Å². The third-order valence-corrected chi connectivity index (χ3v) is 5.37. The summed E-state index contributed by atoms with van der Waals surface area (Å²) in [4.78, 5) is 32.7. The lowest BCUT2D eigenvalue weighted by atomic mass is 9.93. The molecule has 1 saturated carbocycles. The molecular weight excluding hydrogens is 424 g/mol. The molecule has 3 heterocycles. The maximum Gasteiger partial charge on any atom is 0.271 e.